The second-order valence-corrected chi connectivity index (χ2v) is 3.84. The number of hydrogen-bond acceptors (Lipinski definition) is 8. The third kappa shape index (κ3) is 3.12. The van der Waals surface area contributed by atoms with Crippen molar-refractivity contribution in [1.82, 2.24) is 9.46 Å². The Balaban J connectivity index is 1.97. The van der Waals surface area contributed by atoms with Crippen LogP contribution in [0.15, 0.2) is 36.4 Å². The van der Waals surface area contributed by atoms with E-state index in [0.717, 1.165) is 24.3 Å². The Morgan fingerprint density at radius 1 is 0.727 bits per heavy atom. The number of hydrogen-bond donors (Lipinski definition) is 4. The number of carbonyl (C=O) groups is 2. The summed E-state index contributed by atoms with van der Waals surface area (Å²) in [7, 11) is 0. The fraction of sp³-hybridized carbons (Fsp3) is 0. The highest BCUT2D eigenvalue weighted by Crippen LogP contribution is 2.19. The van der Waals surface area contributed by atoms with Crippen LogP contribution >= 0.6 is 0 Å². The van der Waals surface area contributed by atoms with Crippen molar-refractivity contribution in [3.8, 4) is 23.5 Å². The predicted octanol–water partition coefficient (Wildman–Crippen LogP) is -0.721. The van der Waals surface area contributed by atoms with Crippen molar-refractivity contribution in [1.29, 1.82) is 0 Å². The summed E-state index contributed by atoms with van der Waals surface area (Å²) in [4.78, 5) is 31.8. The van der Waals surface area contributed by atoms with Crippen molar-refractivity contribution in [3.63, 3.8) is 0 Å². The van der Waals surface area contributed by atoms with Gasteiger partial charge < -0.3 is 30.1 Å². The molecule has 0 aliphatic carbocycles. The van der Waals surface area contributed by atoms with Gasteiger partial charge in [0, 0.05) is 36.4 Å². The molecule has 0 aliphatic heterocycles. The van der Waals surface area contributed by atoms with E-state index in [1.807, 2.05) is 0 Å². The van der Waals surface area contributed by atoms with Crippen LogP contribution in [0.25, 0.3) is 0 Å². The van der Waals surface area contributed by atoms with E-state index in [1.165, 1.54) is 0 Å². The minimum atomic E-state index is -1.10. The van der Waals surface area contributed by atoms with E-state index < -0.39 is 35.5 Å². The van der Waals surface area contributed by atoms with Crippen molar-refractivity contribution < 1.29 is 39.7 Å². The molecule has 0 saturated carbocycles. The van der Waals surface area contributed by atoms with Crippen molar-refractivity contribution in [2.24, 2.45) is 0 Å². The monoisotopic (exact) mass is 310 g/mol. The topological polar surface area (TPSA) is 143 Å². The van der Waals surface area contributed by atoms with Gasteiger partial charge in [0.2, 0.25) is 23.5 Å². The molecule has 4 N–H and O–H groups in total. The molecule has 116 valence electrons. The third-order valence-electron chi connectivity index (χ3n) is 2.31. The van der Waals surface area contributed by atoms with Crippen LogP contribution in [0.1, 0.15) is 0 Å². The standard InChI is InChI=1S/C12H10N2O8/c15-7-1-2-8(16)13(7)21-11(19)5-6-12(20)22-14-9(17)3-4-10(14)18/h1-6,15-18H. The highest BCUT2D eigenvalue weighted by molar-refractivity contribution is 5.92. The van der Waals surface area contributed by atoms with Gasteiger partial charge in [0.25, 0.3) is 0 Å². The van der Waals surface area contributed by atoms with Gasteiger partial charge in [-0.25, -0.2) is 9.59 Å². The molecular weight excluding hydrogens is 300 g/mol. The molecule has 0 unspecified atom stereocenters. The van der Waals surface area contributed by atoms with Gasteiger partial charge in [0.1, 0.15) is 0 Å². The van der Waals surface area contributed by atoms with Gasteiger partial charge in [0.05, 0.1) is 0 Å². The van der Waals surface area contributed by atoms with Crippen LogP contribution < -0.4 is 9.68 Å². The predicted molar refractivity (Wildman–Crippen MR) is 67.8 cm³/mol. The Morgan fingerprint density at radius 3 is 1.27 bits per heavy atom. The first-order chi connectivity index (χ1) is 10.4. The van der Waals surface area contributed by atoms with Gasteiger partial charge in [-0.2, -0.15) is 0 Å². The zero-order valence-corrected chi connectivity index (χ0v) is 10.8. The molecule has 0 aromatic carbocycles. The van der Waals surface area contributed by atoms with Gasteiger partial charge in [-0.15, -0.1) is 9.46 Å². The Morgan fingerprint density at radius 2 is 1.00 bits per heavy atom. The summed E-state index contributed by atoms with van der Waals surface area (Å²) < 4.78 is 0.864. The third-order valence-corrected chi connectivity index (χ3v) is 2.31. The van der Waals surface area contributed by atoms with E-state index in [0.29, 0.717) is 21.6 Å². The van der Waals surface area contributed by atoms with E-state index in [9.17, 15) is 30.0 Å². The van der Waals surface area contributed by atoms with E-state index >= 15 is 0 Å². The van der Waals surface area contributed by atoms with Gasteiger partial charge in [0.15, 0.2) is 0 Å². The molecule has 2 aromatic heterocycles. The van der Waals surface area contributed by atoms with Crippen LogP contribution in [0.2, 0.25) is 0 Å². The fourth-order valence-corrected chi connectivity index (χ4v) is 1.37. The van der Waals surface area contributed by atoms with Crippen molar-refractivity contribution in [2.75, 3.05) is 0 Å². The maximum Gasteiger partial charge on any atom is 0.357 e. The van der Waals surface area contributed by atoms with Crippen LogP contribution in [-0.2, 0) is 9.59 Å². The maximum absolute atomic E-state index is 11.4. The molecule has 0 radical (unpaired) electrons. The molecule has 10 heteroatoms. The van der Waals surface area contributed by atoms with Crippen molar-refractivity contribution in [2.45, 2.75) is 0 Å². The summed E-state index contributed by atoms with van der Waals surface area (Å²) in [6, 6.07) is 4.33. The molecule has 0 saturated heterocycles. The van der Waals surface area contributed by atoms with Crippen LogP contribution in [0, 0.1) is 0 Å². The largest absolute Gasteiger partial charge is 0.492 e. The van der Waals surface area contributed by atoms with Crippen molar-refractivity contribution >= 4 is 11.9 Å². The molecule has 0 bridgehead atoms. The minimum absolute atomic E-state index is 0.432. The maximum atomic E-state index is 11.4. The number of rotatable bonds is 4. The summed E-state index contributed by atoms with van der Waals surface area (Å²) in [5, 5.41) is 37.0. The first kappa shape index (κ1) is 14.8. The van der Waals surface area contributed by atoms with E-state index in [-0.39, 0.29) is 0 Å². The van der Waals surface area contributed by atoms with Gasteiger partial charge in [-0.05, 0) is 0 Å². The Hall–Kier alpha value is -3.56. The zero-order valence-electron chi connectivity index (χ0n) is 10.8. The Labute approximate surface area is 122 Å². The summed E-state index contributed by atoms with van der Waals surface area (Å²) in [6.45, 7) is 0. The SMILES string of the molecule is O=C(C=CC(=O)On1c(O)ccc1O)On1c(O)ccc1O. The summed E-state index contributed by atoms with van der Waals surface area (Å²) >= 11 is 0. The number of carbonyl (C=O) groups excluding carboxylic acids is 2. The molecule has 0 amide bonds. The van der Waals surface area contributed by atoms with E-state index in [4.69, 9.17) is 0 Å². The normalized spacial score (nSPS) is 10.7. The number of aromatic nitrogens is 2. The molecule has 0 fully saturated rings. The lowest BCUT2D eigenvalue weighted by molar-refractivity contribution is -0.142. The Kier molecular flexibility index (Phi) is 3.93. The van der Waals surface area contributed by atoms with Crippen LogP contribution in [0.5, 0.6) is 23.5 Å². The minimum Gasteiger partial charge on any atom is -0.492 e. The van der Waals surface area contributed by atoms with Crippen LogP contribution in [0.4, 0.5) is 0 Å². The lowest BCUT2D eigenvalue weighted by Crippen LogP contribution is -2.19. The molecule has 0 spiro atoms. The molecular formula is C12H10N2O8. The lowest BCUT2D eigenvalue weighted by Gasteiger charge is -2.05. The molecule has 2 aromatic rings. The molecule has 10 nitrogen and oxygen atoms in total. The zero-order chi connectivity index (χ0) is 16.3. The Bertz CT molecular complexity index is 641. The highest BCUT2D eigenvalue weighted by Gasteiger charge is 2.12. The number of aromatic hydroxyl groups is 4. The summed E-state index contributed by atoms with van der Waals surface area (Å²) in [6.07, 6.45) is 1.30. The summed E-state index contributed by atoms with van der Waals surface area (Å²) in [5.41, 5.74) is 0. The first-order valence-corrected chi connectivity index (χ1v) is 5.70. The van der Waals surface area contributed by atoms with Crippen molar-refractivity contribution in [3.05, 3.63) is 36.4 Å². The molecule has 0 aliphatic rings. The molecule has 2 rings (SSSR count). The van der Waals surface area contributed by atoms with Crippen LogP contribution in [0.3, 0.4) is 0 Å². The average molecular weight is 310 g/mol. The average Bonchev–Trinajstić information content (AvgIpc) is 2.95. The summed E-state index contributed by atoms with van der Waals surface area (Å²) in [5.74, 6) is -4.29. The molecule has 22 heavy (non-hydrogen) atoms. The lowest BCUT2D eigenvalue weighted by atomic mass is 10.5. The van der Waals surface area contributed by atoms with E-state index in [1.54, 1.807) is 0 Å². The quantitative estimate of drug-likeness (QED) is 0.542. The fourth-order valence-electron chi connectivity index (χ4n) is 1.37. The van der Waals surface area contributed by atoms with E-state index in [2.05, 4.69) is 9.68 Å². The second kappa shape index (κ2) is 5.83. The number of nitrogens with zero attached hydrogens (tertiary/aromatic N) is 2. The second-order valence-electron chi connectivity index (χ2n) is 3.84. The molecule has 0 atom stereocenters. The van der Waals surface area contributed by atoms with Crippen LogP contribution in [-0.4, -0.2) is 41.8 Å². The van der Waals surface area contributed by atoms with Gasteiger partial charge in [-0.1, -0.05) is 0 Å². The highest BCUT2D eigenvalue weighted by atomic mass is 16.7. The van der Waals surface area contributed by atoms with Gasteiger partial charge >= 0.3 is 11.9 Å². The smallest absolute Gasteiger partial charge is 0.357 e. The first-order valence-electron chi connectivity index (χ1n) is 5.70. The molecule has 2 heterocycles. The van der Waals surface area contributed by atoms with Gasteiger partial charge in [-0.3, -0.25) is 0 Å².